The summed E-state index contributed by atoms with van der Waals surface area (Å²) >= 11 is 0. The molecule has 2 aliphatic rings. The normalized spacial score (nSPS) is 34.9. The Hall–Kier alpha value is -0.590. The largest absolute Gasteiger partial charge is 0.299 e. The molecular weight excluding hydrogens is 184 g/mol. The molecular formula is C14H22O. The first kappa shape index (κ1) is 10.9. The Balaban J connectivity index is 1.85. The maximum absolute atomic E-state index is 11.5. The molecule has 0 heterocycles. The molecule has 2 rings (SSSR count). The number of ketones is 1. The fraction of sp³-hybridized carbons (Fsp3) is 0.786. The number of carbonyl (C=O) groups is 1. The lowest BCUT2D eigenvalue weighted by Gasteiger charge is -2.20. The number of allylic oxidation sites excluding steroid dienone is 2. The van der Waals surface area contributed by atoms with Crippen molar-refractivity contribution in [3.05, 3.63) is 11.6 Å². The van der Waals surface area contributed by atoms with Crippen LogP contribution >= 0.6 is 0 Å². The zero-order valence-corrected chi connectivity index (χ0v) is 10.2. The van der Waals surface area contributed by atoms with Crippen molar-refractivity contribution in [2.75, 3.05) is 0 Å². The molecule has 0 radical (unpaired) electrons. The second-order valence-corrected chi connectivity index (χ2v) is 5.72. The molecule has 3 atom stereocenters. The van der Waals surface area contributed by atoms with Gasteiger partial charge in [0.25, 0.3) is 0 Å². The van der Waals surface area contributed by atoms with E-state index >= 15 is 0 Å². The second kappa shape index (κ2) is 3.77. The van der Waals surface area contributed by atoms with Gasteiger partial charge in [-0.1, -0.05) is 18.6 Å². The first-order valence-electron chi connectivity index (χ1n) is 6.22. The summed E-state index contributed by atoms with van der Waals surface area (Å²) in [5.74, 6) is 1.74. The Morgan fingerprint density at radius 3 is 2.80 bits per heavy atom. The van der Waals surface area contributed by atoms with Gasteiger partial charge in [0.1, 0.15) is 5.78 Å². The van der Waals surface area contributed by atoms with E-state index in [2.05, 4.69) is 26.8 Å². The van der Waals surface area contributed by atoms with Crippen molar-refractivity contribution in [3.63, 3.8) is 0 Å². The van der Waals surface area contributed by atoms with Gasteiger partial charge < -0.3 is 0 Å². The van der Waals surface area contributed by atoms with Gasteiger partial charge in [-0.3, -0.25) is 4.79 Å². The SMILES string of the molecule is CC(C)=CCC[C@H](C)C12CCC(=O)C1C2. The number of hydrogen-bond acceptors (Lipinski definition) is 1. The highest BCUT2D eigenvalue weighted by Gasteiger charge is 2.63. The van der Waals surface area contributed by atoms with Crippen LogP contribution in [-0.4, -0.2) is 5.78 Å². The molecule has 1 nitrogen and oxygen atoms in total. The van der Waals surface area contributed by atoms with Crippen molar-refractivity contribution < 1.29 is 4.79 Å². The van der Waals surface area contributed by atoms with E-state index in [1.807, 2.05) is 0 Å². The minimum absolute atomic E-state index is 0.451. The summed E-state index contributed by atoms with van der Waals surface area (Å²) in [6.45, 7) is 6.65. The third-order valence-electron chi connectivity index (χ3n) is 4.48. The zero-order valence-electron chi connectivity index (χ0n) is 10.2. The highest BCUT2D eigenvalue weighted by atomic mass is 16.1. The van der Waals surface area contributed by atoms with E-state index in [-0.39, 0.29) is 0 Å². The van der Waals surface area contributed by atoms with Gasteiger partial charge in [-0.25, -0.2) is 0 Å². The van der Waals surface area contributed by atoms with Gasteiger partial charge in [0.2, 0.25) is 0 Å². The summed E-state index contributed by atoms with van der Waals surface area (Å²) in [7, 11) is 0. The van der Waals surface area contributed by atoms with Crippen LogP contribution in [0.2, 0.25) is 0 Å². The molecule has 0 aromatic carbocycles. The summed E-state index contributed by atoms with van der Waals surface area (Å²) in [4.78, 5) is 11.5. The van der Waals surface area contributed by atoms with Crippen molar-refractivity contribution in [1.29, 1.82) is 0 Å². The topological polar surface area (TPSA) is 17.1 Å². The summed E-state index contributed by atoms with van der Waals surface area (Å²) in [5, 5.41) is 0. The van der Waals surface area contributed by atoms with Crippen LogP contribution in [0.5, 0.6) is 0 Å². The lowest BCUT2D eigenvalue weighted by atomic mass is 9.85. The van der Waals surface area contributed by atoms with Gasteiger partial charge in [0.05, 0.1) is 0 Å². The van der Waals surface area contributed by atoms with E-state index in [1.54, 1.807) is 0 Å². The molecule has 1 heteroatoms. The first-order valence-corrected chi connectivity index (χ1v) is 6.22. The number of fused-ring (bicyclic) bond motifs is 1. The lowest BCUT2D eigenvalue weighted by molar-refractivity contribution is -0.119. The highest BCUT2D eigenvalue weighted by molar-refractivity contribution is 5.87. The molecule has 0 N–H and O–H groups in total. The van der Waals surface area contributed by atoms with Gasteiger partial charge in [-0.15, -0.1) is 0 Å². The third kappa shape index (κ3) is 1.89. The summed E-state index contributed by atoms with van der Waals surface area (Å²) in [5.41, 5.74) is 1.86. The van der Waals surface area contributed by atoms with Crippen molar-refractivity contribution in [2.24, 2.45) is 17.3 Å². The zero-order chi connectivity index (χ0) is 11.1. The minimum Gasteiger partial charge on any atom is -0.299 e. The predicted molar refractivity (Wildman–Crippen MR) is 62.6 cm³/mol. The van der Waals surface area contributed by atoms with E-state index in [0.717, 1.165) is 12.3 Å². The average Bonchev–Trinajstić information content (AvgIpc) is 2.82. The van der Waals surface area contributed by atoms with E-state index < -0.39 is 0 Å². The number of Topliss-reactive ketones (excluding diaryl/α,β-unsaturated/α-hetero) is 1. The quantitative estimate of drug-likeness (QED) is 0.640. The van der Waals surface area contributed by atoms with Gasteiger partial charge >= 0.3 is 0 Å². The lowest BCUT2D eigenvalue weighted by Crippen LogP contribution is -2.12. The Bertz CT molecular complexity index is 298. The maximum atomic E-state index is 11.5. The number of carbonyl (C=O) groups excluding carboxylic acids is 1. The van der Waals surface area contributed by atoms with E-state index in [1.165, 1.54) is 31.3 Å². The predicted octanol–water partition coefficient (Wildman–Crippen LogP) is 3.74. The summed E-state index contributed by atoms with van der Waals surface area (Å²) in [6.07, 6.45) is 7.99. The first-order chi connectivity index (χ1) is 7.06. The highest BCUT2D eigenvalue weighted by Crippen LogP contribution is 2.66. The summed E-state index contributed by atoms with van der Waals surface area (Å²) in [6, 6.07) is 0. The molecule has 2 aliphatic carbocycles. The minimum atomic E-state index is 0.451. The molecule has 2 saturated carbocycles. The van der Waals surface area contributed by atoms with Gasteiger partial charge in [0, 0.05) is 12.3 Å². The molecule has 0 aliphatic heterocycles. The van der Waals surface area contributed by atoms with Crippen molar-refractivity contribution in [3.8, 4) is 0 Å². The van der Waals surface area contributed by atoms with Crippen LogP contribution in [0.1, 0.15) is 52.9 Å². The van der Waals surface area contributed by atoms with Gasteiger partial charge in [0.15, 0.2) is 0 Å². The fourth-order valence-corrected chi connectivity index (χ4v) is 3.26. The molecule has 2 unspecified atom stereocenters. The molecule has 0 bridgehead atoms. The van der Waals surface area contributed by atoms with Crippen molar-refractivity contribution in [2.45, 2.75) is 52.9 Å². The number of hydrogen-bond donors (Lipinski definition) is 0. The molecule has 0 spiro atoms. The Kier molecular flexibility index (Phi) is 2.74. The van der Waals surface area contributed by atoms with Crippen LogP contribution < -0.4 is 0 Å². The standard InChI is InChI=1S/C14H22O/c1-10(2)5-4-6-11(3)14-8-7-13(15)12(14)9-14/h5,11-12H,4,6-9H2,1-3H3/t11-,12?,14?/m0/s1. The molecule has 0 saturated heterocycles. The smallest absolute Gasteiger partial charge is 0.136 e. The second-order valence-electron chi connectivity index (χ2n) is 5.72. The van der Waals surface area contributed by atoms with Crippen LogP contribution in [0.15, 0.2) is 11.6 Å². The van der Waals surface area contributed by atoms with Crippen molar-refractivity contribution in [1.82, 2.24) is 0 Å². The van der Waals surface area contributed by atoms with E-state index in [0.29, 0.717) is 17.1 Å². The van der Waals surface area contributed by atoms with Crippen LogP contribution in [0, 0.1) is 17.3 Å². The maximum Gasteiger partial charge on any atom is 0.136 e. The van der Waals surface area contributed by atoms with Crippen LogP contribution in [0.3, 0.4) is 0 Å². The molecule has 0 aromatic heterocycles. The third-order valence-corrected chi connectivity index (χ3v) is 4.48. The fourth-order valence-electron chi connectivity index (χ4n) is 3.26. The van der Waals surface area contributed by atoms with Crippen LogP contribution in [0.25, 0.3) is 0 Å². The van der Waals surface area contributed by atoms with Crippen LogP contribution in [-0.2, 0) is 4.79 Å². The Morgan fingerprint density at radius 1 is 1.60 bits per heavy atom. The molecule has 0 amide bonds. The average molecular weight is 206 g/mol. The van der Waals surface area contributed by atoms with Gasteiger partial charge in [-0.2, -0.15) is 0 Å². The molecule has 2 fully saturated rings. The molecule has 84 valence electrons. The Morgan fingerprint density at radius 2 is 2.33 bits per heavy atom. The van der Waals surface area contributed by atoms with E-state index in [4.69, 9.17) is 0 Å². The van der Waals surface area contributed by atoms with E-state index in [9.17, 15) is 4.79 Å². The molecule has 15 heavy (non-hydrogen) atoms. The Labute approximate surface area is 92.9 Å². The number of rotatable bonds is 4. The van der Waals surface area contributed by atoms with Crippen molar-refractivity contribution >= 4 is 5.78 Å². The monoisotopic (exact) mass is 206 g/mol. The summed E-state index contributed by atoms with van der Waals surface area (Å²) < 4.78 is 0. The molecule has 0 aromatic rings. The van der Waals surface area contributed by atoms with Crippen LogP contribution in [0.4, 0.5) is 0 Å². The van der Waals surface area contributed by atoms with Gasteiger partial charge in [-0.05, 0) is 50.9 Å².